The molecule has 1 atom stereocenters. The van der Waals surface area contributed by atoms with Crippen LogP contribution in [0.25, 0.3) is 6.08 Å². The van der Waals surface area contributed by atoms with Crippen LogP contribution >= 0.6 is 0 Å². The van der Waals surface area contributed by atoms with Crippen molar-refractivity contribution in [2.75, 3.05) is 26.4 Å². The number of carbonyl (C=O) groups is 2. The molecule has 1 heterocycles. The van der Waals surface area contributed by atoms with E-state index in [1.165, 1.54) is 35.4 Å². The molecule has 4 aromatic rings. The number of Topliss-reactive ketones (excluding diaryl/α,β-unsaturated/α-hetero) is 1. The molecule has 3 aromatic carbocycles. The summed E-state index contributed by atoms with van der Waals surface area (Å²) < 4.78 is 5.35. The number of nitrogens with two attached hydrogens (primary N) is 1. The number of hydrogen-bond acceptors (Lipinski definition) is 7. The van der Waals surface area contributed by atoms with Gasteiger partial charge < -0.3 is 20.9 Å². The zero-order valence-corrected chi connectivity index (χ0v) is 30.1. The molecule has 0 saturated heterocycles. The van der Waals surface area contributed by atoms with Gasteiger partial charge in [-0.2, -0.15) is 0 Å². The van der Waals surface area contributed by atoms with Crippen LogP contribution in [0.3, 0.4) is 0 Å². The maximum Gasteiger partial charge on any atom is 0.163 e. The van der Waals surface area contributed by atoms with Gasteiger partial charge in [0, 0.05) is 19.0 Å². The number of unbranched alkanes of at least 4 members (excludes halogenated alkanes) is 2. The number of ether oxygens (including phenoxy) is 1. The third-order valence-electron chi connectivity index (χ3n) is 9.13. The Labute approximate surface area is 298 Å². The van der Waals surface area contributed by atoms with Crippen LogP contribution in [-0.4, -0.2) is 42.4 Å². The minimum Gasteiger partial charge on any atom is -0.504 e. The number of allylic oxidation sites excluding steroid dienone is 1. The number of nitrogens with one attached hydrogen (secondary N) is 1. The highest BCUT2D eigenvalue weighted by molar-refractivity contribution is 6.06. The number of phenolic OH excluding ortho intramolecular Hbond substituents is 1. The van der Waals surface area contributed by atoms with Gasteiger partial charge >= 0.3 is 0 Å². The van der Waals surface area contributed by atoms with E-state index in [1.807, 2.05) is 19.2 Å². The first-order valence-corrected chi connectivity index (χ1v) is 17.7. The van der Waals surface area contributed by atoms with Crippen LogP contribution in [0.15, 0.2) is 79.0 Å². The summed E-state index contributed by atoms with van der Waals surface area (Å²) in [6, 6.07) is 22.4. The Morgan fingerprint density at radius 1 is 0.900 bits per heavy atom. The lowest BCUT2D eigenvalue weighted by Gasteiger charge is -2.16. The SMILES string of the molecule is CNC[C@H](CCCCCC(=O)CC(=O)/C=C/c1cc(OC)c(O)cc1Cc1cnc(N)c(Cc2cc(C)cc(C)c2)c1)CCc1ccccc1. The fourth-order valence-electron chi connectivity index (χ4n) is 6.63. The molecule has 0 amide bonds. The minimum absolute atomic E-state index is 0.00786. The van der Waals surface area contributed by atoms with E-state index in [0.717, 1.165) is 67.3 Å². The van der Waals surface area contributed by atoms with Crippen molar-refractivity contribution in [1.82, 2.24) is 10.3 Å². The molecule has 0 fully saturated rings. The zero-order chi connectivity index (χ0) is 35.9. The predicted octanol–water partition coefficient (Wildman–Crippen LogP) is 8.14. The average molecular weight is 676 g/mol. The molecule has 0 aliphatic carbocycles. The number of ketones is 2. The smallest absolute Gasteiger partial charge is 0.163 e. The third-order valence-corrected chi connectivity index (χ3v) is 9.13. The predicted molar refractivity (Wildman–Crippen MR) is 204 cm³/mol. The monoisotopic (exact) mass is 675 g/mol. The van der Waals surface area contributed by atoms with Crippen molar-refractivity contribution in [3.8, 4) is 11.5 Å². The topological polar surface area (TPSA) is 115 Å². The summed E-state index contributed by atoms with van der Waals surface area (Å²) in [6.45, 7) is 5.16. The standard InChI is InChI=1S/C43H53N3O4/c1-30-19-31(2)21-34(20-30)22-38-24-35(29-46-43(38)44)23-37-25-41(49)42(50-4)26-36(37)17-18-40(48)27-39(47)14-10-6-9-13-33(28-45-3)16-15-32-11-7-5-8-12-32/h5,7-8,11-12,17-21,24-26,29,33,45,49H,6,9-10,13-16,22-23,27-28H2,1-4H3,(H2,44,46)/b18-17+/t33-/m1/s1. The van der Waals surface area contributed by atoms with Crippen molar-refractivity contribution < 1.29 is 19.4 Å². The Morgan fingerprint density at radius 2 is 1.64 bits per heavy atom. The molecule has 7 nitrogen and oxygen atoms in total. The number of aromatic nitrogens is 1. The molecule has 0 aliphatic heterocycles. The number of anilines is 1. The van der Waals surface area contributed by atoms with Crippen LogP contribution in [-0.2, 0) is 28.9 Å². The molecule has 0 bridgehead atoms. The van der Waals surface area contributed by atoms with Crippen LogP contribution in [0, 0.1) is 19.8 Å². The van der Waals surface area contributed by atoms with Crippen LogP contribution in [0.4, 0.5) is 5.82 Å². The van der Waals surface area contributed by atoms with Crippen LogP contribution in [0.2, 0.25) is 0 Å². The first-order chi connectivity index (χ1) is 24.1. The number of aryl methyl sites for hydroxylation is 3. The van der Waals surface area contributed by atoms with Crippen molar-refractivity contribution in [2.45, 2.75) is 78.1 Å². The van der Waals surface area contributed by atoms with Gasteiger partial charge in [0.1, 0.15) is 11.6 Å². The lowest BCUT2D eigenvalue weighted by atomic mass is 9.93. The van der Waals surface area contributed by atoms with E-state index in [0.29, 0.717) is 36.7 Å². The number of carbonyl (C=O) groups excluding carboxylic acids is 2. The van der Waals surface area contributed by atoms with E-state index < -0.39 is 0 Å². The number of methoxy groups -OCH3 is 1. The largest absolute Gasteiger partial charge is 0.504 e. The normalized spacial score (nSPS) is 11.9. The summed E-state index contributed by atoms with van der Waals surface area (Å²) in [7, 11) is 3.49. The van der Waals surface area contributed by atoms with Gasteiger partial charge in [0.05, 0.1) is 13.5 Å². The molecular formula is C43H53N3O4. The summed E-state index contributed by atoms with van der Waals surface area (Å²) in [5, 5.41) is 13.9. The van der Waals surface area contributed by atoms with E-state index >= 15 is 0 Å². The molecule has 7 heteroatoms. The summed E-state index contributed by atoms with van der Waals surface area (Å²) in [5.41, 5.74) is 14.6. The Kier molecular flexibility index (Phi) is 14.8. The highest BCUT2D eigenvalue weighted by atomic mass is 16.5. The Morgan fingerprint density at radius 3 is 2.36 bits per heavy atom. The average Bonchev–Trinajstić information content (AvgIpc) is 3.08. The summed E-state index contributed by atoms with van der Waals surface area (Å²) in [6.07, 6.45) is 12.5. The number of nitrogens with zero attached hydrogens (tertiary/aromatic N) is 1. The molecule has 1 aromatic heterocycles. The van der Waals surface area contributed by atoms with E-state index in [9.17, 15) is 14.7 Å². The van der Waals surface area contributed by atoms with Gasteiger partial charge in [0.25, 0.3) is 0 Å². The van der Waals surface area contributed by atoms with Gasteiger partial charge in [-0.15, -0.1) is 0 Å². The fourth-order valence-corrected chi connectivity index (χ4v) is 6.63. The number of hydrogen-bond donors (Lipinski definition) is 3. The van der Waals surface area contributed by atoms with Gasteiger partial charge in [0.15, 0.2) is 17.3 Å². The second kappa shape index (κ2) is 19.4. The molecule has 0 spiro atoms. The van der Waals surface area contributed by atoms with Crippen LogP contribution in [0.5, 0.6) is 11.5 Å². The molecule has 0 unspecified atom stereocenters. The second-order valence-corrected chi connectivity index (χ2v) is 13.5. The van der Waals surface area contributed by atoms with E-state index in [-0.39, 0.29) is 23.7 Å². The fraction of sp³-hybridized carbons (Fsp3) is 0.372. The second-order valence-electron chi connectivity index (χ2n) is 13.5. The molecular weight excluding hydrogens is 622 g/mol. The zero-order valence-electron chi connectivity index (χ0n) is 30.1. The molecule has 50 heavy (non-hydrogen) atoms. The van der Waals surface area contributed by atoms with E-state index in [2.05, 4.69) is 66.6 Å². The summed E-state index contributed by atoms with van der Waals surface area (Å²) in [4.78, 5) is 30.0. The van der Waals surface area contributed by atoms with Gasteiger partial charge in [-0.3, -0.25) is 9.59 Å². The highest BCUT2D eigenvalue weighted by Gasteiger charge is 2.14. The van der Waals surface area contributed by atoms with Crippen molar-refractivity contribution >= 4 is 23.5 Å². The first kappa shape index (κ1) is 38.1. The maximum atomic E-state index is 12.8. The third kappa shape index (κ3) is 12.3. The number of phenols is 1. The van der Waals surface area contributed by atoms with Gasteiger partial charge in [0.2, 0.25) is 0 Å². The van der Waals surface area contributed by atoms with Gasteiger partial charge in [-0.05, 0) is 123 Å². The van der Waals surface area contributed by atoms with Gasteiger partial charge in [-0.25, -0.2) is 4.98 Å². The molecule has 4 N–H and O–H groups in total. The minimum atomic E-state index is -0.243. The Hall–Kier alpha value is -4.75. The summed E-state index contributed by atoms with van der Waals surface area (Å²) >= 11 is 0. The first-order valence-electron chi connectivity index (χ1n) is 17.7. The molecule has 264 valence electrons. The van der Waals surface area contributed by atoms with E-state index in [1.54, 1.807) is 24.4 Å². The Bertz CT molecular complexity index is 1730. The number of benzene rings is 3. The quantitative estimate of drug-likeness (QED) is 0.0492. The molecule has 0 aliphatic rings. The molecule has 0 radical (unpaired) electrons. The van der Waals surface area contributed by atoms with Crippen molar-refractivity contribution in [2.24, 2.45) is 5.92 Å². The van der Waals surface area contributed by atoms with Crippen LogP contribution in [0.1, 0.15) is 89.5 Å². The van der Waals surface area contributed by atoms with Crippen LogP contribution < -0.4 is 15.8 Å². The van der Waals surface area contributed by atoms with Crippen molar-refractivity contribution in [1.29, 1.82) is 0 Å². The van der Waals surface area contributed by atoms with E-state index in [4.69, 9.17) is 10.5 Å². The molecule has 4 rings (SSSR count). The van der Waals surface area contributed by atoms with Crippen molar-refractivity contribution in [3.05, 3.63) is 124 Å². The highest BCUT2D eigenvalue weighted by Crippen LogP contribution is 2.32. The number of rotatable bonds is 20. The van der Waals surface area contributed by atoms with Crippen molar-refractivity contribution in [3.63, 3.8) is 0 Å². The lowest BCUT2D eigenvalue weighted by Crippen LogP contribution is -2.19. The number of aromatic hydroxyl groups is 1. The maximum absolute atomic E-state index is 12.8. The number of pyridine rings is 1. The molecule has 0 saturated carbocycles. The number of nitrogen functional groups attached to an aromatic ring is 1. The summed E-state index contributed by atoms with van der Waals surface area (Å²) in [5.74, 6) is 1.12. The lowest BCUT2D eigenvalue weighted by molar-refractivity contribution is -0.124. The van der Waals surface area contributed by atoms with Gasteiger partial charge in [-0.1, -0.05) is 78.6 Å². The Balaban J connectivity index is 1.31.